The number of amides is 2. The molecule has 1 aliphatic heterocycles. The van der Waals surface area contributed by atoms with Gasteiger partial charge in [0.15, 0.2) is 0 Å². The van der Waals surface area contributed by atoms with Gasteiger partial charge in [0.05, 0.1) is 6.54 Å². The van der Waals surface area contributed by atoms with Crippen molar-refractivity contribution in [3.63, 3.8) is 0 Å². The van der Waals surface area contributed by atoms with Crippen LogP contribution in [0.4, 0.5) is 0 Å². The van der Waals surface area contributed by atoms with Gasteiger partial charge in [0.1, 0.15) is 0 Å². The predicted molar refractivity (Wildman–Crippen MR) is 88.8 cm³/mol. The average Bonchev–Trinajstić information content (AvgIpc) is 2.58. The third-order valence-corrected chi connectivity index (χ3v) is 4.26. The van der Waals surface area contributed by atoms with E-state index in [0.29, 0.717) is 19.0 Å². The predicted octanol–water partition coefficient (Wildman–Crippen LogP) is 0.587. The Morgan fingerprint density at radius 2 is 2.26 bits per heavy atom. The van der Waals surface area contributed by atoms with Gasteiger partial charge < -0.3 is 15.5 Å². The summed E-state index contributed by atoms with van der Waals surface area (Å²) in [6, 6.07) is 6.11. The lowest BCUT2D eigenvalue weighted by atomic mass is 9.92. The van der Waals surface area contributed by atoms with Gasteiger partial charge in [-0.1, -0.05) is 6.07 Å². The molecule has 2 heterocycles. The zero-order chi connectivity index (χ0) is 16.7. The summed E-state index contributed by atoms with van der Waals surface area (Å²) in [5.41, 5.74) is 0.958. The van der Waals surface area contributed by atoms with Crippen LogP contribution < -0.4 is 10.6 Å². The molecule has 23 heavy (non-hydrogen) atoms. The zero-order valence-electron chi connectivity index (χ0n) is 13.9. The number of pyridine rings is 1. The Hall–Kier alpha value is -1.95. The largest absolute Gasteiger partial charge is 0.347 e. The van der Waals surface area contributed by atoms with E-state index in [9.17, 15) is 9.59 Å². The number of aromatic nitrogens is 1. The molecule has 0 saturated carbocycles. The summed E-state index contributed by atoms with van der Waals surface area (Å²) in [6.07, 6.45) is 4.12. The fraction of sp³-hybridized carbons (Fsp3) is 0.588. The van der Waals surface area contributed by atoms with Crippen molar-refractivity contribution in [3.05, 3.63) is 30.1 Å². The number of carbonyl (C=O) groups excluding carboxylic acids is 2. The van der Waals surface area contributed by atoms with Crippen molar-refractivity contribution < 1.29 is 9.59 Å². The maximum atomic E-state index is 12.1. The van der Waals surface area contributed by atoms with Crippen molar-refractivity contribution in [2.75, 3.05) is 26.7 Å². The van der Waals surface area contributed by atoms with Crippen LogP contribution in [0.25, 0.3) is 0 Å². The maximum Gasteiger partial charge on any atom is 0.241 e. The minimum absolute atomic E-state index is 0.00942. The molecular weight excluding hydrogens is 292 g/mol. The van der Waals surface area contributed by atoms with E-state index >= 15 is 0 Å². The quantitative estimate of drug-likeness (QED) is 0.805. The Balaban J connectivity index is 1.70. The fourth-order valence-electron chi connectivity index (χ4n) is 2.77. The van der Waals surface area contributed by atoms with E-state index in [4.69, 9.17) is 0 Å². The summed E-state index contributed by atoms with van der Waals surface area (Å²) < 4.78 is 0. The number of piperidine rings is 1. The number of likely N-dealkylation sites (N-methyl/N-ethyl adjacent to an activating group) is 1. The van der Waals surface area contributed by atoms with E-state index in [1.807, 2.05) is 18.2 Å². The van der Waals surface area contributed by atoms with Crippen molar-refractivity contribution in [2.24, 2.45) is 5.92 Å². The first-order valence-corrected chi connectivity index (χ1v) is 8.21. The first-order chi connectivity index (χ1) is 11.1. The number of carbonyl (C=O) groups is 2. The first kappa shape index (κ1) is 17.4. The molecule has 0 radical (unpaired) electrons. The number of nitrogens with zero attached hydrogens (tertiary/aromatic N) is 2. The molecule has 6 nitrogen and oxygen atoms in total. The monoisotopic (exact) mass is 318 g/mol. The lowest BCUT2D eigenvalue weighted by Gasteiger charge is -2.27. The van der Waals surface area contributed by atoms with Crippen LogP contribution in [0.1, 0.15) is 25.5 Å². The summed E-state index contributed by atoms with van der Waals surface area (Å²) in [7, 11) is 1.75. The third kappa shape index (κ3) is 5.63. The molecule has 2 amide bonds. The molecule has 6 heteroatoms. The van der Waals surface area contributed by atoms with Crippen molar-refractivity contribution in [1.82, 2.24) is 20.5 Å². The molecule has 1 aromatic heterocycles. The minimum Gasteiger partial charge on any atom is -0.347 e. The van der Waals surface area contributed by atoms with Crippen molar-refractivity contribution in [1.29, 1.82) is 0 Å². The van der Waals surface area contributed by atoms with Crippen molar-refractivity contribution in [2.45, 2.75) is 32.2 Å². The second kappa shape index (κ2) is 8.62. The van der Waals surface area contributed by atoms with Gasteiger partial charge in [0.25, 0.3) is 0 Å². The van der Waals surface area contributed by atoms with Gasteiger partial charge in [-0.15, -0.1) is 0 Å². The highest BCUT2D eigenvalue weighted by Crippen LogP contribution is 2.15. The molecule has 2 N–H and O–H groups in total. The Morgan fingerprint density at radius 1 is 1.43 bits per heavy atom. The molecule has 0 aliphatic carbocycles. The third-order valence-electron chi connectivity index (χ3n) is 4.26. The van der Waals surface area contributed by atoms with Crippen LogP contribution in [0.5, 0.6) is 0 Å². The molecule has 0 bridgehead atoms. The summed E-state index contributed by atoms with van der Waals surface area (Å²) >= 11 is 0. The van der Waals surface area contributed by atoms with Crippen LogP contribution in [0.2, 0.25) is 0 Å². The van der Waals surface area contributed by atoms with Crippen LogP contribution in [0, 0.1) is 5.92 Å². The van der Waals surface area contributed by atoms with Crippen LogP contribution >= 0.6 is 0 Å². The molecule has 1 fully saturated rings. The highest BCUT2D eigenvalue weighted by molar-refractivity contribution is 5.85. The molecule has 126 valence electrons. The first-order valence-electron chi connectivity index (χ1n) is 8.21. The summed E-state index contributed by atoms with van der Waals surface area (Å²) in [5, 5.41) is 6.10. The van der Waals surface area contributed by atoms with Crippen molar-refractivity contribution >= 4 is 11.8 Å². The smallest absolute Gasteiger partial charge is 0.241 e. The standard InChI is InChI=1S/C17H26N4O2/c1-13-11-14(6-9-18-13)17(23)20-12-16(22)21(2)10-7-15-5-3-4-8-19-15/h3-5,8,13-14,18H,6-7,9-12H2,1-2H3,(H,20,23)/t13-,14-/m0/s1. The summed E-state index contributed by atoms with van der Waals surface area (Å²) in [5.74, 6) is -0.0704. The SMILES string of the molecule is C[C@H]1C[C@@H](C(=O)NCC(=O)N(C)CCc2ccccn2)CCN1. The Labute approximate surface area is 137 Å². The van der Waals surface area contributed by atoms with E-state index in [0.717, 1.165) is 25.1 Å². The topological polar surface area (TPSA) is 74.3 Å². The molecule has 1 saturated heterocycles. The molecule has 1 aliphatic rings. The van der Waals surface area contributed by atoms with E-state index < -0.39 is 0 Å². The molecule has 2 atom stereocenters. The average molecular weight is 318 g/mol. The zero-order valence-corrected chi connectivity index (χ0v) is 13.9. The van der Waals surface area contributed by atoms with Crippen LogP contribution in [0.3, 0.4) is 0 Å². The molecular formula is C17H26N4O2. The second-order valence-electron chi connectivity index (χ2n) is 6.18. The molecule has 2 rings (SSSR count). The van der Waals surface area contributed by atoms with Gasteiger partial charge in [0, 0.05) is 43.9 Å². The Kier molecular flexibility index (Phi) is 6.52. The molecule has 0 spiro atoms. The molecule has 0 unspecified atom stereocenters. The Bertz CT molecular complexity index is 521. The lowest BCUT2D eigenvalue weighted by molar-refractivity contribution is -0.133. The molecule has 1 aromatic rings. The van der Waals surface area contributed by atoms with Crippen LogP contribution in [-0.4, -0.2) is 54.4 Å². The maximum absolute atomic E-state index is 12.1. The van der Waals surface area contributed by atoms with Crippen LogP contribution in [-0.2, 0) is 16.0 Å². The van der Waals surface area contributed by atoms with E-state index in [1.165, 1.54) is 0 Å². The van der Waals surface area contributed by atoms with Gasteiger partial charge in [-0.3, -0.25) is 14.6 Å². The van der Waals surface area contributed by atoms with Gasteiger partial charge in [0.2, 0.25) is 11.8 Å². The number of hydrogen-bond donors (Lipinski definition) is 2. The summed E-state index contributed by atoms with van der Waals surface area (Å²) in [4.78, 5) is 30.1. The fourth-order valence-corrected chi connectivity index (χ4v) is 2.77. The van der Waals surface area contributed by atoms with E-state index in [2.05, 4.69) is 22.5 Å². The van der Waals surface area contributed by atoms with E-state index in [1.54, 1.807) is 18.1 Å². The van der Waals surface area contributed by atoms with Crippen LogP contribution in [0.15, 0.2) is 24.4 Å². The van der Waals surface area contributed by atoms with Gasteiger partial charge in [-0.2, -0.15) is 0 Å². The Morgan fingerprint density at radius 3 is 2.96 bits per heavy atom. The highest BCUT2D eigenvalue weighted by atomic mass is 16.2. The van der Waals surface area contributed by atoms with Gasteiger partial charge in [-0.05, 0) is 38.4 Å². The number of nitrogens with one attached hydrogen (secondary N) is 2. The minimum atomic E-state index is -0.0729. The van der Waals surface area contributed by atoms with Gasteiger partial charge in [-0.25, -0.2) is 0 Å². The second-order valence-corrected chi connectivity index (χ2v) is 6.18. The van der Waals surface area contributed by atoms with Gasteiger partial charge >= 0.3 is 0 Å². The van der Waals surface area contributed by atoms with Crippen molar-refractivity contribution in [3.8, 4) is 0 Å². The highest BCUT2D eigenvalue weighted by Gasteiger charge is 2.25. The number of hydrogen-bond acceptors (Lipinski definition) is 4. The lowest BCUT2D eigenvalue weighted by Crippen LogP contribution is -2.45. The summed E-state index contributed by atoms with van der Waals surface area (Å²) in [6.45, 7) is 3.60. The molecule has 0 aromatic carbocycles. The van der Waals surface area contributed by atoms with E-state index in [-0.39, 0.29) is 24.3 Å². The number of rotatable bonds is 6. The normalized spacial score (nSPS) is 20.8.